The molecule has 1 rings (SSSR count). The number of ether oxygens (including phenoxy) is 1. The molecule has 1 fully saturated rings. The van der Waals surface area contributed by atoms with Crippen molar-refractivity contribution < 1.29 is 9.53 Å². The van der Waals surface area contributed by atoms with E-state index >= 15 is 0 Å². The molecule has 0 aromatic heterocycles. The van der Waals surface area contributed by atoms with Gasteiger partial charge in [-0.2, -0.15) is 11.8 Å². The lowest BCUT2D eigenvalue weighted by Crippen LogP contribution is -2.35. The molecule has 0 saturated carbocycles. The van der Waals surface area contributed by atoms with E-state index in [1.54, 1.807) is 0 Å². The first-order valence-electron chi connectivity index (χ1n) is 4.69. The van der Waals surface area contributed by atoms with Crippen LogP contribution in [-0.2, 0) is 9.53 Å². The third-order valence-electron chi connectivity index (χ3n) is 1.83. The first kappa shape index (κ1) is 10.9. The molecule has 1 aliphatic heterocycles. The summed E-state index contributed by atoms with van der Waals surface area (Å²) in [7, 11) is 0. The Bertz CT molecular complexity index is 167. The fourth-order valence-corrected chi connectivity index (χ4v) is 2.41. The maximum Gasteiger partial charge on any atom is 0.320 e. The number of hydrogen-bond donors (Lipinski definition) is 1. The molecule has 0 aliphatic carbocycles. The van der Waals surface area contributed by atoms with Gasteiger partial charge in [0.2, 0.25) is 0 Å². The van der Waals surface area contributed by atoms with Crippen LogP contribution in [0.5, 0.6) is 0 Å². The van der Waals surface area contributed by atoms with Gasteiger partial charge >= 0.3 is 5.97 Å². The molecule has 0 aromatic rings. The molecule has 1 heterocycles. The summed E-state index contributed by atoms with van der Waals surface area (Å²) in [4.78, 5) is 11.1. The topological polar surface area (TPSA) is 38.3 Å². The number of carbonyl (C=O) groups is 1. The highest BCUT2D eigenvalue weighted by molar-refractivity contribution is 7.99. The van der Waals surface area contributed by atoms with E-state index in [4.69, 9.17) is 4.74 Å². The van der Waals surface area contributed by atoms with Crippen LogP contribution in [-0.4, -0.2) is 36.2 Å². The van der Waals surface area contributed by atoms with E-state index in [0.29, 0.717) is 12.6 Å². The van der Waals surface area contributed by atoms with Crippen LogP contribution >= 0.6 is 11.8 Å². The number of hydrogen-bond acceptors (Lipinski definition) is 4. The Labute approximate surface area is 83.6 Å². The van der Waals surface area contributed by atoms with E-state index in [1.165, 1.54) is 12.2 Å². The van der Waals surface area contributed by atoms with E-state index in [2.05, 4.69) is 5.32 Å². The predicted octanol–water partition coefficient (Wildman–Crippen LogP) is 1.03. The SMILES string of the molecule is CC(C)OC(=O)CNC1CCSC1. The third-order valence-corrected chi connectivity index (χ3v) is 2.99. The predicted molar refractivity (Wildman–Crippen MR) is 55.0 cm³/mol. The highest BCUT2D eigenvalue weighted by atomic mass is 32.2. The van der Waals surface area contributed by atoms with Crippen molar-refractivity contribution in [2.45, 2.75) is 32.4 Å². The van der Waals surface area contributed by atoms with Crippen molar-refractivity contribution in [3.8, 4) is 0 Å². The van der Waals surface area contributed by atoms with E-state index in [1.807, 2.05) is 25.6 Å². The minimum absolute atomic E-state index is 0.00717. The van der Waals surface area contributed by atoms with Gasteiger partial charge in [0.15, 0.2) is 0 Å². The molecule has 1 N–H and O–H groups in total. The number of esters is 1. The fourth-order valence-electron chi connectivity index (χ4n) is 1.23. The van der Waals surface area contributed by atoms with Gasteiger partial charge in [0.25, 0.3) is 0 Å². The zero-order valence-electron chi connectivity index (χ0n) is 8.21. The summed E-state index contributed by atoms with van der Waals surface area (Å²) >= 11 is 1.93. The quantitative estimate of drug-likeness (QED) is 0.693. The molecule has 0 spiro atoms. The Morgan fingerprint density at radius 2 is 2.46 bits per heavy atom. The average Bonchev–Trinajstić information content (AvgIpc) is 2.51. The van der Waals surface area contributed by atoms with Gasteiger partial charge in [0.05, 0.1) is 12.6 Å². The molecular weight excluding hydrogens is 186 g/mol. The zero-order valence-corrected chi connectivity index (χ0v) is 9.02. The summed E-state index contributed by atoms with van der Waals surface area (Å²) in [6, 6.07) is 0.504. The van der Waals surface area contributed by atoms with Crippen molar-refractivity contribution in [2.75, 3.05) is 18.1 Å². The second-order valence-electron chi connectivity index (χ2n) is 3.48. The van der Waals surface area contributed by atoms with Crippen LogP contribution < -0.4 is 5.32 Å². The van der Waals surface area contributed by atoms with Crippen LogP contribution in [0.25, 0.3) is 0 Å². The number of carbonyl (C=O) groups excluding carboxylic acids is 1. The molecule has 1 aliphatic rings. The van der Waals surface area contributed by atoms with Crippen LogP contribution in [0.2, 0.25) is 0 Å². The Hall–Kier alpha value is -0.220. The summed E-state index contributed by atoms with van der Waals surface area (Å²) in [5, 5.41) is 3.19. The Kier molecular flexibility index (Phi) is 4.59. The number of rotatable bonds is 4. The van der Waals surface area contributed by atoms with Crippen LogP contribution in [0.4, 0.5) is 0 Å². The van der Waals surface area contributed by atoms with Crippen LogP contribution in [0, 0.1) is 0 Å². The van der Waals surface area contributed by atoms with Crippen LogP contribution in [0.3, 0.4) is 0 Å². The van der Waals surface area contributed by atoms with Gasteiger partial charge in [-0.3, -0.25) is 4.79 Å². The highest BCUT2D eigenvalue weighted by Crippen LogP contribution is 2.16. The first-order valence-corrected chi connectivity index (χ1v) is 5.84. The number of nitrogens with one attached hydrogen (secondary N) is 1. The summed E-state index contributed by atoms with van der Waals surface area (Å²) in [6.07, 6.45) is 1.16. The van der Waals surface area contributed by atoms with Crippen molar-refractivity contribution >= 4 is 17.7 Å². The summed E-state index contributed by atoms with van der Waals surface area (Å²) in [6.45, 7) is 4.08. The standard InChI is InChI=1S/C9H17NO2S/c1-7(2)12-9(11)5-10-8-3-4-13-6-8/h7-8,10H,3-6H2,1-2H3. The third kappa shape index (κ3) is 4.52. The molecule has 0 amide bonds. The second kappa shape index (κ2) is 5.50. The lowest BCUT2D eigenvalue weighted by atomic mass is 10.3. The van der Waals surface area contributed by atoms with Crippen LogP contribution in [0.15, 0.2) is 0 Å². The van der Waals surface area contributed by atoms with E-state index < -0.39 is 0 Å². The van der Waals surface area contributed by atoms with E-state index in [9.17, 15) is 4.79 Å². The van der Waals surface area contributed by atoms with E-state index in [0.717, 1.165) is 5.75 Å². The lowest BCUT2D eigenvalue weighted by Gasteiger charge is -2.12. The molecule has 1 unspecified atom stereocenters. The Morgan fingerprint density at radius 3 is 3.00 bits per heavy atom. The van der Waals surface area contributed by atoms with Crippen molar-refractivity contribution in [2.24, 2.45) is 0 Å². The zero-order chi connectivity index (χ0) is 9.68. The summed E-state index contributed by atoms with van der Waals surface area (Å²) in [5.41, 5.74) is 0. The largest absolute Gasteiger partial charge is 0.462 e. The molecule has 76 valence electrons. The van der Waals surface area contributed by atoms with E-state index in [-0.39, 0.29) is 12.1 Å². The summed E-state index contributed by atoms with van der Waals surface area (Å²) in [5.74, 6) is 2.18. The highest BCUT2D eigenvalue weighted by Gasteiger charge is 2.16. The van der Waals surface area contributed by atoms with Gasteiger partial charge in [0, 0.05) is 11.8 Å². The van der Waals surface area contributed by atoms with Gasteiger partial charge in [-0.25, -0.2) is 0 Å². The molecule has 0 bridgehead atoms. The first-order chi connectivity index (χ1) is 6.18. The van der Waals surface area contributed by atoms with Gasteiger partial charge in [-0.15, -0.1) is 0 Å². The van der Waals surface area contributed by atoms with Crippen LogP contribution in [0.1, 0.15) is 20.3 Å². The normalized spacial score (nSPS) is 22.2. The fraction of sp³-hybridized carbons (Fsp3) is 0.889. The molecule has 0 radical (unpaired) electrons. The molecule has 13 heavy (non-hydrogen) atoms. The van der Waals surface area contributed by atoms with Gasteiger partial charge in [-0.05, 0) is 26.0 Å². The monoisotopic (exact) mass is 203 g/mol. The molecule has 1 saturated heterocycles. The maximum absolute atomic E-state index is 11.1. The minimum Gasteiger partial charge on any atom is -0.462 e. The molecule has 3 nitrogen and oxygen atoms in total. The maximum atomic E-state index is 11.1. The molecule has 1 atom stereocenters. The smallest absolute Gasteiger partial charge is 0.320 e. The van der Waals surface area contributed by atoms with Crippen molar-refractivity contribution in [1.82, 2.24) is 5.32 Å². The average molecular weight is 203 g/mol. The van der Waals surface area contributed by atoms with Crippen molar-refractivity contribution in [1.29, 1.82) is 0 Å². The summed E-state index contributed by atoms with van der Waals surface area (Å²) < 4.78 is 5.00. The molecule has 0 aromatic carbocycles. The molecular formula is C9H17NO2S. The van der Waals surface area contributed by atoms with Gasteiger partial charge in [-0.1, -0.05) is 0 Å². The van der Waals surface area contributed by atoms with Crippen molar-refractivity contribution in [3.63, 3.8) is 0 Å². The van der Waals surface area contributed by atoms with Gasteiger partial charge < -0.3 is 10.1 Å². The van der Waals surface area contributed by atoms with Crippen molar-refractivity contribution in [3.05, 3.63) is 0 Å². The second-order valence-corrected chi connectivity index (χ2v) is 4.63. The Balaban J connectivity index is 2.07. The lowest BCUT2D eigenvalue weighted by molar-refractivity contribution is -0.146. The number of thioether (sulfide) groups is 1. The Morgan fingerprint density at radius 1 is 1.69 bits per heavy atom. The van der Waals surface area contributed by atoms with Gasteiger partial charge in [0.1, 0.15) is 0 Å². The molecule has 4 heteroatoms. The minimum atomic E-state index is -0.146.